The van der Waals surface area contributed by atoms with Crippen molar-refractivity contribution in [3.8, 4) is 0 Å². The molecule has 0 amide bonds. The van der Waals surface area contributed by atoms with Gasteiger partial charge in [-0.3, -0.25) is 0 Å². The van der Waals surface area contributed by atoms with Crippen LogP contribution in [0.4, 0.5) is 5.69 Å². The van der Waals surface area contributed by atoms with Crippen LogP contribution in [0.1, 0.15) is 39.2 Å². The second-order valence-electron chi connectivity index (χ2n) is 6.64. The molecule has 0 unspecified atom stereocenters. The fourth-order valence-corrected chi connectivity index (χ4v) is 4.19. The predicted molar refractivity (Wildman–Crippen MR) is 85.2 cm³/mol. The van der Waals surface area contributed by atoms with Crippen molar-refractivity contribution in [1.82, 2.24) is 4.72 Å². The number of rotatable bonds is 2. The van der Waals surface area contributed by atoms with Crippen LogP contribution in [0.3, 0.4) is 0 Å². The second-order valence-corrected chi connectivity index (χ2v) is 8.38. The minimum absolute atomic E-state index is 0.299. The van der Waals surface area contributed by atoms with Crippen LogP contribution in [0.25, 0.3) is 0 Å². The Labute approximate surface area is 130 Å². The quantitative estimate of drug-likeness (QED) is 0.877. The van der Waals surface area contributed by atoms with Gasteiger partial charge in [0, 0.05) is 5.54 Å². The summed E-state index contributed by atoms with van der Waals surface area (Å²) in [5, 5.41) is 3.68. The lowest BCUT2D eigenvalue weighted by molar-refractivity contribution is 0.492. The number of amidine groups is 1. The summed E-state index contributed by atoms with van der Waals surface area (Å²) in [6.07, 6.45) is 1.77. The Balaban J connectivity index is 2.00. The lowest BCUT2D eigenvalue weighted by atomic mass is 9.98. The van der Waals surface area contributed by atoms with Gasteiger partial charge in [-0.25, -0.2) is 0 Å². The fraction of sp³-hybridized carbons (Fsp3) is 0.500. The summed E-state index contributed by atoms with van der Waals surface area (Å²) in [6.45, 7) is 5.35. The molecule has 5 nitrogen and oxygen atoms in total. The fourth-order valence-electron chi connectivity index (χ4n) is 2.69. The van der Waals surface area contributed by atoms with E-state index in [-0.39, 0.29) is 5.41 Å². The number of fused-ring (bicyclic) bond motifs is 2. The van der Waals surface area contributed by atoms with Gasteiger partial charge >= 0.3 is 10.2 Å². The molecule has 0 aromatic heterocycles. The minimum atomic E-state index is -3.75. The van der Waals surface area contributed by atoms with E-state index in [4.69, 9.17) is 11.6 Å². The normalized spacial score (nSPS) is 21.4. The monoisotopic (exact) mass is 327 g/mol. The maximum absolute atomic E-state index is 12.2. The summed E-state index contributed by atoms with van der Waals surface area (Å²) in [7, 11) is -3.75. The summed E-state index contributed by atoms with van der Waals surface area (Å²) in [5.41, 5.74) is 0.955. The molecule has 1 aliphatic carbocycles. The molecule has 21 heavy (non-hydrogen) atoms. The highest BCUT2D eigenvalue weighted by Gasteiger charge is 2.55. The summed E-state index contributed by atoms with van der Waals surface area (Å²) < 4.78 is 30.9. The summed E-state index contributed by atoms with van der Waals surface area (Å²) >= 11 is 6.19. The second kappa shape index (κ2) is 4.44. The molecule has 7 heteroatoms. The molecule has 1 aromatic rings. The van der Waals surface area contributed by atoms with Gasteiger partial charge in [0.25, 0.3) is 0 Å². The topological polar surface area (TPSA) is 70.6 Å². The summed E-state index contributed by atoms with van der Waals surface area (Å²) in [4.78, 5) is 0. The van der Waals surface area contributed by atoms with Crippen molar-refractivity contribution < 1.29 is 8.42 Å². The van der Waals surface area contributed by atoms with Gasteiger partial charge in [0.1, 0.15) is 5.84 Å². The zero-order valence-electron chi connectivity index (χ0n) is 12.2. The number of halogens is 1. The van der Waals surface area contributed by atoms with Crippen LogP contribution in [0.2, 0.25) is 5.02 Å². The lowest BCUT2D eigenvalue weighted by Crippen LogP contribution is -2.40. The molecule has 0 atom stereocenters. The van der Waals surface area contributed by atoms with Crippen LogP contribution in [0.5, 0.6) is 0 Å². The molecule has 0 saturated heterocycles. The SMILES string of the molecule is CC(C)(C)NS(=O)(=O)N=C1Nc2c(Cl)cccc2C12CC2. The van der Waals surface area contributed by atoms with E-state index in [1.54, 1.807) is 26.8 Å². The molecule has 1 aromatic carbocycles. The molecular formula is C14H18ClN3O2S. The highest BCUT2D eigenvalue weighted by Crippen LogP contribution is 2.57. The number of para-hydroxylation sites is 1. The molecule has 2 aliphatic rings. The number of benzene rings is 1. The van der Waals surface area contributed by atoms with E-state index in [1.165, 1.54) is 0 Å². The van der Waals surface area contributed by atoms with E-state index in [9.17, 15) is 8.42 Å². The molecule has 1 heterocycles. The van der Waals surface area contributed by atoms with Crippen molar-refractivity contribution in [3.63, 3.8) is 0 Å². The third-order valence-electron chi connectivity index (χ3n) is 3.62. The molecule has 1 saturated carbocycles. The average Bonchev–Trinajstić information content (AvgIpc) is 3.02. The first-order chi connectivity index (χ1) is 9.63. The molecule has 1 spiro atoms. The van der Waals surface area contributed by atoms with E-state index in [0.717, 1.165) is 24.1 Å². The van der Waals surface area contributed by atoms with E-state index in [1.807, 2.05) is 12.1 Å². The van der Waals surface area contributed by atoms with Crippen molar-refractivity contribution in [2.24, 2.45) is 4.40 Å². The van der Waals surface area contributed by atoms with Gasteiger partial charge < -0.3 is 5.32 Å². The Kier molecular flexibility index (Phi) is 3.13. The Morgan fingerprint density at radius 2 is 2.00 bits per heavy atom. The molecule has 1 aliphatic heterocycles. The number of anilines is 1. The van der Waals surface area contributed by atoms with Gasteiger partial charge in [-0.05, 0) is 45.2 Å². The molecule has 0 bridgehead atoms. The Morgan fingerprint density at radius 3 is 2.57 bits per heavy atom. The van der Waals surface area contributed by atoms with Gasteiger partial charge in [-0.2, -0.15) is 13.1 Å². The van der Waals surface area contributed by atoms with Crippen LogP contribution in [0, 0.1) is 0 Å². The van der Waals surface area contributed by atoms with Crippen LogP contribution < -0.4 is 10.0 Å². The first-order valence-electron chi connectivity index (χ1n) is 6.83. The van der Waals surface area contributed by atoms with Crippen LogP contribution >= 0.6 is 11.6 Å². The van der Waals surface area contributed by atoms with Crippen LogP contribution in [-0.4, -0.2) is 19.8 Å². The van der Waals surface area contributed by atoms with E-state index < -0.39 is 15.7 Å². The number of nitrogens with zero attached hydrogens (tertiary/aromatic N) is 1. The molecule has 2 N–H and O–H groups in total. The van der Waals surface area contributed by atoms with Crippen molar-refractivity contribution in [3.05, 3.63) is 28.8 Å². The van der Waals surface area contributed by atoms with Crippen molar-refractivity contribution in [1.29, 1.82) is 0 Å². The largest absolute Gasteiger partial charge is 0.341 e. The van der Waals surface area contributed by atoms with Gasteiger partial charge in [0.2, 0.25) is 0 Å². The third-order valence-corrected chi connectivity index (χ3v) is 5.23. The van der Waals surface area contributed by atoms with Crippen molar-refractivity contribution >= 4 is 33.3 Å². The molecule has 0 radical (unpaired) electrons. The van der Waals surface area contributed by atoms with E-state index >= 15 is 0 Å². The van der Waals surface area contributed by atoms with E-state index in [2.05, 4.69) is 14.4 Å². The molecule has 3 rings (SSSR count). The lowest BCUT2D eigenvalue weighted by Gasteiger charge is -2.18. The molecular weight excluding hydrogens is 310 g/mol. The predicted octanol–water partition coefficient (Wildman–Crippen LogP) is 2.83. The van der Waals surface area contributed by atoms with Crippen molar-refractivity contribution in [2.45, 2.75) is 44.6 Å². The zero-order valence-corrected chi connectivity index (χ0v) is 13.8. The number of hydrogen-bond donors (Lipinski definition) is 2. The first-order valence-corrected chi connectivity index (χ1v) is 8.65. The molecule has 114 valence electrons. The summed E-state index contributed by atoms with van der Waals surface area (Å²) in [6, 6.07) is 5.65. The maximum Gasteiger partial charge on any atom is 0.321 e. The van der Waals surface area contributed by atoms with E-state index in [0.29, 0.717) is 10.9 Å². The van der Waals surface area contributed by atoms with Gasteiger partial charge in [0.15, 0.2) is 0 Å². The maximum atomic E-state index is 12.2. The number of nitrogens with one attached hydrogen (secondary N) is 2. The van der Waals surface area contributed by atoms with Gasteiger partial charge in [-0.1, -0.05) is 23.7 Å². The Morgan fingerprint density at radius 1 is 1.33 bits per heavy atom. The first kappa shape index (κ1) is 14.8. The minimum Gasteiger partial charge on any atom is -0.341 e. The Hall–Kier alpha value is -1.11. The zero-order chi connectivity index (χ0) is 15.5. The highest BCUT2D eigenvalue weighted by atomic mass is 35.5. The highest BCUT2D eigenvalue weighted by molar-refractivity contribution is 7.88. The standard InChI is InChI=1S/C14H18ClN3O2S/c1-13(2,3)18-21(19,20)17-12-14(7-8-14)9-5-4-6-10(15)11(9)16-12/h4-6,18H,7-8H2,1-3H3,(H,16,17). The number of hydrogen-bond acceptors (Lipinski definition) is 2. The molecule has 1 fully saturated rings. The third kappa shape index (κ3) is 2.67. The smallest absolute Gasteiger partial charge is 0.321 e. The van der Waals surface area contributed by atoms with Crippen LogP contribution in [0.15, 0.2) is 22.6 Å². The van der Waals surface area contributed by atoms with Gasteiger partial charge in [-0.15, -0.1) is 4.40 Å². The summed E-state index contributed by atoms with van der Waals surface area (Å²) in [5.74, 6) is 0.474. The van der Waals surface area contributed by atoms with Crippen molar-refractivity contribution in [2.75, 3.05) is 5.32 Å². The van der Waals surface area contributed by atoms with Gasteiger partial charge in [0.05, 0.1) is 16.1 Å². The van der Waals surface area contributed by atoms with Crippen LogP contribution in [-0.2, 0) is 15.6 Å². The average molecular weight is 328 g/mol. The Bertz CT molecular complexity index is 731.